The number of hydrogen-bond donors (Lipinski definition) is 1. The summed E-state index contributed by atoms with van der Waals surface area (Å²) in [7, 11) is 0. The monoisotopic (exact) mass is 261 g/mol. The molecule has 1 saturated heterocycles. The topological polar surface area (TPSA) is 40.5 Å². The Hall–Kier alpha value is -1.35. The maximum Gasteiger partial charge on any atom is 0.321 e. The van der Waals surface area contributed by atoms with Crippen LogP contribution in [-0.4, -0.2) is 35.1 Å². The molecular formula is C16H23NO2. The molecule has 3 nitrogen and oxygen atoms in total. The molecule has 1 aliphatic heterocycles. The number of nitrogens with zero attached hydrogens (tertiary/aromatic N) is 1. The predicted octanol–water partition coefficient (Wildman–Crippen LogP) is 2.79. The zero-order chi connectivity index (χ0) is 13.8. The molecule has 1 aliphatic rings. The summed E-state index contributed by atoms with van der Waals surface area (Å²) in [4.78, 5) is 13.7. The van der Waals surface area contributed by atoms with Crippen LogP contribution in [0.25, 0.3) is 0 Å². The predicted molar refractivity (Wildman–Crippen MR) is 76.5 cm³/mol. The van der Waals surface area contributed by atoms with Crippen LogP contribution in [0, 0.1) is 13.8 Å². The molecule has 1 aromatic carbocycles. The van der Waals surface area contributed by atoms with E-state index >= 15 is 0 Å². The number of likely N-dealkylation sites (tertiary alicyclic amines) is 1. The fourth-order valence-electron chi connectivity index (χ4n) is 2.97. The van der Waals surface area contributed by atoms with Gasteiger partial charge in [0.2, 0.25) is 0 Å². The maximum absolute atomic E-state index is 11.6. The van der Waals surface area contributed by atoms with Crippen molar-refractivity contribution in [2.24, 2.45) is 0 Å². The van der Waals surface area contributed by atoms with E-state index in [4.69, 9.17) is 0 Å². The second kappa shape index (κ2) is 6.20. The third-order valence-corrected chi connectivity index (χ3v) is 4.16. The minimum Gasteiger partial charge on any atom is -0.480 e. The van der Waals surface area contributed by atoms with Crippen molar-refractivity contribution in [1.29, 1.82) is 0 Å². The smallest absolute Gasteiger partial charge is 0.321 e. The molecule has 2 rings (SSSR count). The highest BCUT2D eigenvalue weighted by Gasteiger charge is 2.27. The molecule has 0 aromatic heterocycles. The van der Waals surface area contributed by atoms with Crippen molar-refractivity contribution < 1.29 is 9.90 Å². The number of carbonyl (C=O) groups is 1. The first-order valence-corrected chi connectivity index (χ1v) is 7.11. The molecule has 19 heavy (non-hydrogen) atoms. The number of rotatable bonds is 4. The van der Waals surface area contributed by atoms with Crippen LogP contribution in [0.1, 0.15) is 36.0 Å². The minimum atomic E-state index is -0.690. The lowest BCUT2D eigenvalue weighted by molar-refractivity contribution is -0.143. The number of carboxylic acids is 1. The van der Waals surface area contributed by atoms with Gasteiger partial charge in [-0.25, -0.2) is 0 Å². The van der Waals surface area contributed by atoms with Crippen LogP contribution in [0.15, 0.2) is 18.2 Å². The largest absolute Gasteiger partial charge is 0.480 e. The van der Waals surface area contributed by atoms with Gasteiger partial charge in [-0.15, -0.1) is 0 Å². The molecule has 3 heteroatoms. The van der Waals surface area contributed by atoms with Crippen molar-refractivity contribution in [2.45, 2.75) is 45.6 Å². The molecule has 0 aliphatic carbocycles. The molecule has 1 atom stereocenters. The molecule has 1 aromatic rings. The number of carboxylic acid groups (broad SMARTS) is 1. The van der Waals surface area contributed by atoms with Gasteiger partial charge in [-0.2, -0.15) is 0 Å². The Kier molecular flexibility index (Phi) is 4.59. The van der Waals surface area contributed by atoms with E-state index in [1.807, 2.05) is 6.07 Å². The van der Waals surface area contributed by atoms with Gasteiger partial charge < -0.3 is 5.11 Å². The number of benzene rings is 1. The van der Waals surface area contributed by atoms with E-state index in [-0.39, 0.29) is 6.04 Å². The van der Waals surface area contributed by atoms with Crippen molar-refractivity contribution in [3.8, 4) is 0 Å². The van der Waals surface area contributed by atoms with Crippen molar-refractivity contribution in [1.82, 2.24) is 4.90 Å². The summed E-state index contributed by atoms with van der Waals surface area (Å²) in [6.45, 7) is 5.97. The molecule has 0 unspecified atom stereocenters. The van der Waals surface area contributed by atoms with E-state index in [0.29, 0.717) is 6.42 Å². The van der Waals surface area contributed by atoms with E-state index in [0.717, 1.165) is 25.9 Å². The number of aryl methyl sites for hydroxylation is 2. The van der Waals surface area contributed by atoms with Crippen molar-refractivity contribution in [3.63, 3.8) is 0 Å². The summed E-state index contributed by atoms with van der Waals surface area (Å²) in [6.07, 6.45) is 4.09. The molecule has 1 heterocycles. The van der Waals surface area contributed by atoms with Gasteiger partial charge in [0.05, 0.1) is 0 Å². The van der Waals surface area contributed by atoms with Gasteiger partial charge in [0.25, 0.3) is 0 Å². The van der Waals surface area contributed by atoms with Gasteiger partial charge in [-0.1, -0.05) is 24.6 Å². The Morgan fingerprint density at radius 3 is 2.32 bits per heavy atom. The van der Waals surface area contributed by atoms with Gasteiger partial charge in [0.15, 0.2) is 0 Å². The third-order valence-electron chi connectivity index (χ3n) is 4.16. The molecule has 0 saturated carbocycles. The van der Waals surface area contributed by atoms with Crippen molar-refractivity contribution >= 4 is 5.97 Å². The summed E-state index contributed by atoms with van der Waals surface area (Å²) >= 11 is 0. The normalized spacial score (nSPS) is 18.2. The molecule has 0 radical (unpaired) electrons. The van der Waals surface area contributed by atoms with Crippen LogP contribution >= 0.6 is 0 Å². The van der Waals surface area contributed by atoms with E-state index in [2.05, 4.69) is 30.9 Å². The molecule has 0 spiro atoms. The van der Waals surface area contributed by atoms with Gasteiger partial charge in [-0.3, -0.25) is 9.69 Å². The third kappa shape index (κ3) is 3.35. The minimum absolute atomic E-state index is 0.375. The highest BCUT2D eigenvalue weighted by atomic mass is 16.4. The second-order valence-electron chi connectivity index (χ2n) is 5.53. The van der Waals surface area contributed by atoms with E-state index in [1.54, 1.807) is 0 Å². The summed E-state index contributed by atoms with van der Waals surface area (Å²) < 4.78 is 0. The Balaban J connectivity index is 2.18. The summed E-state index contributed by atoms with van der Waals surface area (Å²) in [5, 5.41) is 9.53. The number of piperidine rings is 1. The maximum atomic E-state index is 11.6. The van der Waals surface area contributed by atoms with Crippen LogP contribution in [0.5, 0.6) is 0 Å². The fourth-order valence-corrected chi connectivity index (χ4v) is 2.97. The molecule has 1 fully saturated rings. The Labute approximate surface area is 115 Å². The summed E-state index contributed by atoms with van der Waals surface area (Å²) in [5.74, 6) is -0.690. The second-order valence-corrected chi connectivity index (χ2v) is 5.53. The SMILES string of the molecule is Cc1cccc(C)c1C[C@@H](C(=O)O)N1CCCCC1. The average Bonchev–Trinajstić information content (AvgIpc) is 2.39. The van der Waals surface area contributed by atoms with Gasteiger partial charge >= 0.3 is 5.97 Å². The first-order valence-electron chi connectivity index (χ1n) is 7.11. The fraction of sp³-hybridized carbons (Fsp3) is 0.562. The summed E-state index contributed by atoms with van der Waals surface area (Å²) in [5.41, 5.74) is 3.59. The van der Waals surface area contributed by atoms with Crippen molar-refractivity contribution in [2.75, 3.05) is 13.1 Å². The Bertz CT molecular complexity index is 430. The zero-order valence-electron chi connectivity index (χ0n) is 11.9. The highest BCUT2D eigenvalue weighted by molar-refractivity contribution is 5.74. The first kappa shape index (κ1) is 14.1. The van der Waals surface area contributed by atoms with Gasteiger partial charge in [0.1, 0.15) is 6.04 Å². The molecule has 0 amide bonds. The molecule has 0 bridgehead atoms. The van der Waals surface area contributed by atoms with Crippen LogP contribution in [0.4, 0.5) is 0 Å². The van der Waals surface area contributed by atoms with Crippen LogP contribution in [0.3, 0.4) is 0 Å². The summed E-state index contributed by atoms with van der Waals surface area (Å²) in [6, 6.07) is 5.79. The van der Waals surface area contributed by atoms with Gasteiger partial charge in [0, 0.05) is 0 Å². The molecular weight excluding hydrogens is 238 g/mol. The highest BCUT2D eigenvalue weighted by Crippen LogP contribution is 2.20. The quantitative estimate of drug-likeness (QED) is 0.906. The van der Waals surface area contributed by atoms with Crippen LogP contribution in [-0.2, 0) is 11.2 Å². The first-order chi connectivity index (χ1) is 9.09. The van der Waals surface area contributed by atoms with E-state index < -0.39 is 5.97 Å². The van der Waals surface area contributed by atoms with Gasteiger partial charge in [-0.05, 0) is 62.9 Å². The standard InChI is InChI=1S/C16H23NO2/c1-12-7-6-8-13(2)14(12)11-15(16(18)19)17-9-4-3-5-10-17/h6-8,15H,3-5,9-11H2,1-2H3,(H,18,19)/t15-/m0/s1. The zero-order valence-corrected chi connectivity index (χ0v) is 11.9. The number of aliphatic carboxylic acids is 1. The lowest BCUT2D eigenvalue weighted by atomic mass is 9.95. The van der Waals surface area contributed by atoms with E-state index in [9.17, 15) is 9.90 Å². The molecule has 1 N–H and O–H groups in total. The lowest BCUT2D eigenvalue weighted by Crippen LogP contribution is -2.45. The lowest BCUT2D eigenvalue weighted by Gasteiger charge is -2.32. The molecule has 104 valence electrons. The average molecular weight is 261 g/mol. The van der Waals surface area contributed by atoms with Crippen LogP contribution < -0.4 is 0 Å². The Morgan fingerprint density at radius 2 is 1.79 bits per heavy atom. The van der Waals surface area contributed by atoms with Crippen molar-refractivity contribution in [3.05, 3.63) is 34.9 Å². The van der Waals surface area contributed by atoms with E-state index in [1.165, 1.54) is 23.1 Å². The number of hydrogen-bond acceptors (Lipinski definition) is 2. The van der Waals surface area contributed by atoms with Crippen LogP contribution in [0.2, 0.25) is 0 Å². The Morgan fingerprint density at radius 1 is 1.21 bits per heavy atom.